The lowest BCUT2D eigenvalue weighted by Crippen LogP contribution is -2.35. The second-order valence-electron chi connectivity index (χ2n) is 5.00. The molecule has 1 heterocycles. The second kappa shape index (κ2) is 7.50. The highest BCUT2D eigenvalue weighted by atomic mass is 35.5. The minimum atomic E-state index is 0.0369. The first-order valence-corrected chi connectivity index (χ1v) is 7.48. The van der Waals surface area contributed by atoms with E-state index in [0.717, 1.165) is 31.5 Å². The van der Waals surface area contributed by atoms with Crippen molar-refractivity contribution in [1.82, 2.24) is 4.90 Å². The zero-order valence-corrected chi connectivity index (χ0v) is 12.4. The molecule has 0 aliphatic carbocycles. The number of rotatable bonds is 4. The van der Waals surface area contributed by atoms with Crippen molar-refractivity contribution in [3.8, 4) is 5.75 Å². The summed E-state index contributed by atoms with van der Waals surface area (Å²) in [4.78, 5) is 14.0. The average molecular weight is 297 g/mol. The SMILES string of the molecule is NCc1c(Cl)cccc1OCC(=O)N1CCCCCC1. The van der Waals surface area contributed by atoms with E-state index in [1.807, 2.05) is 4.90 Å². The minimum absolute atomic E-state index is 0.0369. The normalized spacial score (nSPS) is 15.8. The molecule has 0 aromatic heterocycles. The molecule has 1 aliphatic rings. The molecule has 0 radical (unpaired) electrons. The van der Waals surface area contributed by atoms with Crippen LogP contribution in [0.15, 0.2) is 18.2 Å². The molecule has 0 bridgehead atoms. The van der Waals surface area contributed by atoms with Gasteiger partial charge in [0.05, 0.1) is 0 Å². The summed E-state index contributed by atoms with van der Waals surface area (Å²) < 4.78 is 5.61. The molecule has 0 spiro atoms. The molecule has 1 aromatic carbocycles. The van der Waals surface area contributed by atoms with Gasteiger partial charge in [-0.05, 0) is 25.0 Å². The van der Waals surface area contributed by atoms with Gasteiger partial charge in [0.2, 0.25) is 0 Å². The zero-order valence-electron chi connectivity index (χ0n) is 11.6. The standard InChI is InChI=1S/C15H21ClN2O2/c16-13-6-5-7-14(12(13)10-17)20-11-15(19)18-8-3-1-2-4-9-18/h5-7H,1-4,8-11,17H2. The van der Waals surface area contributed by atoms with Crippen molar-refractivity contribution in [2.24, 2.45) is 5.73 Å². The first-order chi connectivity index (χ1) is 9.72. The molecule has 4 nitrogen and oxygen atoms in total. The van der Waals surface area contributed by atoms with Gasteiger partial charge in [-0.1, -0.05) is 30.5 Å². The van der Waals surface area contributed by atoms with Crippen molar-refractivity contribution >= 4 is 17.5 Å². The van der Waals surface area contributed by atoms with E-state index in [9.17, 15) is 4.79 Å². The van der Waals surface area contributed by atoms with E-state index >= 15 is 0 Å². The highest BCUT2D eigenvalue weighted by Gasteiger charge is 2.16. The van der Waals surface area contributed by atoms with Crippen LogP contribution in [0, 0.1) is 0 Å². The van der Waals surface area contributed by atoms with E-state index < -0.39 is 0 Å². The summed E-state index contributed by atoms with van der Waals surface area (Å²) in [6.07, 6.45) is 4.57. The van der Waals surface area contributed by atoms with Crippen LogP contribution in [-0.4, -0.2) is 30.5 Å². The Morgan fingerprint density at radius 1 is 1.25 bits per heavy atom. The van der Waals surface area contributed by atoms with Gasteiger partial charge >= 0.3 is 0 Å². The lowest BCUT2D eigenvalue weighted by atomic mass is 10.2. The van der Waals surface area contributed by atoms with Crippen LogP contribution in [0.4, 0.5) is 0 Å². The number of carbonyl (C=O) groups excluding carboxylic acids is 1. The fraction of sp³-hybridized carbons (Fsp3) is 0.533. The van der Waals surface area contributed by atoms with Crippen LogP contribution in [0.2, 0.25) is 5.02 Å². The monoisotopic (exact) mass is 296 g/mol. The second-order valence-corrected chi connectivity index (χ2v) is 5.41. The first kappa shape index (κ1) is 15.1. The Balaban J connectivity index is 1.94. The largest absolute Gasteiger partial charge is 0.483 e. The summed E-state index contributed by atoms with van der Waals surface area (Å²) in [7, 11) is 0. The van der Waals surface area contributed by atoms with E-state index in [1.165, 1.54) is 12.8 Å². The van der Waals surface area contributed by atoms with Gasteiger partial charge < -0.3 is 15.4 Å². The van der Waals surface area contributed by atoms with Gasteiger partial charge in [0.25, 0.3) is 5.91 Å². The highest BCUT2D eigenvalue weighted by molar-refractivity contribution is 6.31. The number of nitrogens with zero attached hydrogens (tertiary/aromatic N) is 1. The Hall–Kier alpha value is -1.26. The lowest BCUT2D eigenvalue weighted by molar-refractivity contribution is -0.133. The predicted molar refractivity (Wildman–Crippen MR) is 79.9 cm³/mol. The predicted octanol–water partition coefficient (Wildman–Crippen LogP) is 2.58. The Morgan fingerprint density at radius 2 is 1.95 bits per heavy atom. The van der Waals surface area contributed by atoms with Crippen molar-refractivity contribution in [3.05, 3.63) is 28.8 Å². The highest BCUT2D eigenvalue weighted by Crippen LogP contribution is 2.25. The first-order valence-electron chi connectivity index (χ1n) is 7.10. The minimum Gasteiger partial charge on any atom is -0.483 e. The van der Waals surface area contributed by atoms with Crippen LogP contribution in [-0.2, 0) is 11.3 Å². The number of nitrogens with two attached hydrogens (primary N) is 1. The van der Waals surface area contributed by atoms with E-state index in [4.69, 9.17) is 22.1 Å². The summed E-state index contributed by atoms with van der Waals surface area (Å²) in [6.45, 7) is 2.02. The Bertz CT molecular complexity index is 457. The van der Waals surface area contributed by atoms with Gasteiger partial charge in [-0.3, -0.25) is 4.79 Å². The molecule has 1 aliphatic heterocycles. The fourth-order valence-corrected chi connectivity index (χ4v) is 2.67. The smallest absolute Gasteiger partial charge is 0.260 e. The van der Waals surface area contributed by atoms with Gasteiger partial charge in [0.1, 0.15) is 5.75 Å². The summed E-state index contributed by atoms with van der Waals surface area (Å²) in [6, 6.07) is 5.37. The molecule has 110 valence electrons. The number of ether oxygens (including phenoxy) is 1. The maximum Gasteiger partial charge on any atom is 0.260 e. The Labute approximate surface area is 124 Å². The molecule has 1 aromatic rings. The van der Waals surface area contributed by atoms with Crippen LogP contribution < -0.4 is 10.5 Å². The number of benzene rings is 1. The van der Waals surface area contributed by atoms with Crippen molar-refractivity contribution < 1.29 is 9.53 Å². The third-order valence-electron chi connectivity index (χ3n) is 3.59. The molecule has 2 N–H and O–H groups in total. The molecule has 2 rings (SSSR count). The van der Waals surface area contributed by atoms with E-state index in [-0.39, 0.29) is 12.5 Å². The van der Waals surface area contributed by atoms with E-state index in [0.29, 0.717) is 17.3 Å². The van der Waals surface area contributed by atoms with E-state index in [1.54, 1.807) is 18.2 Å². The lowest BCUT2D eigenvalue weighted by Gasteiger charge is -2.21. The summed E-state index contributed by atoms with van der Waals surface area (Å²) in [5.41, 5.74) is 6.41. The molecule has 0 saturated carbocycles. The van der Waals surface area contributed by atoms with Crippen LogP contribution in [0.1, 0.15) is 31.2 Å². The van der Waals surface area contributed by atoms with Gasteiger partial charge in [-0.25, -0.2) is 0 Å². The van der Waals surface area contributed by atoms with Crippen LogP contribution in [0.25, 0.3) is 0 Å². The number of amides is 1. The van der Waals surface area contributed by atoms with Crippen LogP contribution >= 0.6 is 11.6 Å². The fourth-order valence-electron chi connectivity index (χ4n) is 2.42. The maximum atomic E-state index is 12.1. The number of carbonyl (C=O) groups is 1. The van der Waals surface area contributed by atoms with Crippen molar-refractivity contribution in [2.45, 2.75) is 32.2 Å². The molecular formula is C15H21ClN2O2. The van der Waals surface area contributed by atoms with E-state index in [2.05, 4.69) is 0 Å². The molecule has 0 atom stereocenters. The molecule has 1 saturated heterocycles. The third kappa shape index (κ3) is 3.87. The molecule has 0 unspecified atom stereocenters. The molecule has 5 heteroatoms. The number of likely N-dealkylation sites (tertiary alicyclic amines) is 1. The van der Waals surface area contributed by atoms with Crippen molar-refractivity contribution in [1.29, 1.82) is 0 Å². The van der Waals surface area contributed by atoms with Gasteiger partial charge in [-0.15, -0.1) is 0 Å². The Morgan fingerprint density at radius 3 is 2.60 bits per heavy atom. The number of halogens is 1. The summed E-state index contributed by atoms with van der Waals surface area (Å²) >= 11 is 6.06. The van der Waals surface area contributed by atoms with Crippen molar-refractivity contribution in [3.63, 3.8) is 0 Å². The van der Waals surface area contributed by atoms with Gasteiger partial charge in [0.15, 0.2) is 6.61 Å². The summed E-state index contributed by atoms with van der Waals surface area (Å²) in [5, 5.41) is 0.576. The van der Waals surface area contributed by atoms with Crippen LogP contribution in [0.5, 0.6) is 5.75 Å². The quantitative estimate of drug-likeness (QED) is 0.929. The maximum absolute atomic E-state index is 12.1. The zero-order chi connectivity index (χ0) is 14.4. The molecule has 1 amide bonds. The Kier molecular flexibility index (Phi) is 5.68. The van der Waals surface area contributed by atoms with Crippen LogP contribution in [0.3, 0.4) is 0 Å². The summed E-state index contributed by atoms with van der Waals surface area (Å²) in [5.74, 6) is 0.637. The third-order valence-corrected chi connectivity index (χ3v) is 3.94. The molecule has 1 fully saturated rings. The van der Waals surface area contributed by atoms with Gasteiger partial charge in [0, 0.05) is 30.2 Å². The number of hydrogen-bond acceptors (Lipinski definition) is 3. The molecule has 20 heavy (non-hydrogen) atoms. The topological polar surface area (TPSA) is 55.6 Å². The van der Waals surface area contributed by atoms with Crippen molar-refractivity contribution in [2.75, 3.05) is 19.7 Å². The molecular weight excluding hydrogens is 276 g/mol. The average Bonchev–Trinajstić information content (AvgIpc) is 2.74. The van der Waals surface area contributed by atoms with Gasteiger partial charge in [-0.2, -0.15) is 0 Å². The number of hydrogen-bond donors (Lipinski definition) is 1.